The summed E-state index contributed by atoms with van der Waals surface area (Å²) in [5.74, 6) is 0.717. The summed E-state index contributed by atoms with van der Waals surface area (Å²) in [5, 5.41) is 0. The van der Waals surface area contributed by atoms with E-state index < -0.39 is 0 Å². The molecular formula is C23H22O2. The summed E-state index contributed by atoms with van der Waals surface area (Å²) in [7, 11) is 0. The summed E-state index contributed by atoms with van der Waals surface area (Å²) in [6.45, 7) is 4.34. The summed E-state index contributed by atoms with van der Waals surface area (Å²) < 4.78 is 5.48. The Morgan fingerprint density at radius 1 is 0.840 bits per heavy atom. The van der Waals surface area contributed by atoms with Crippen LogP contribution in [0, 0.1) is 0 Å². The number of rotatable bonds is 5. The molecule has 2 nitrogen and oxygen atoms in total. The van der Waals surface area contributed by atoms with Gasteiger partial charge in [0.25, 0.3) is 0 Å². The van der Waals surface area contributed by atoms with Crippen LogP contribution in [0.25, 0.3) is 11.1 Å². The Balaban J connectivity index is 1.68. The fourth-order valence-electron chi connectivity index (χ4n) is 2.70. The zero-order chi connectivity index (χ0) is 17.6. The van der Waals surface area contributed by atoms with Gasteiger partial charge in [-0.1, -0.05) is 68.4 Å². The summed E-state index contributed by atoms with van der Waals surface area (Å²) in [4.78, 5) is 12.3. The first-order valence-corrected chi connectivity index (χ1v) is 8.65. The Morgan fingerprint density at radius 3 is 2.04 bits per heavy atom. The summed E-state index contributed by atoms with van der Waals surface area (Å²) in [6.07, 6.45) is 1.08. The molecule has 126 valence electrons. The molecule has 0 aliphatic carbocycles. The minimum atomic E-state index is -0.330. The molecule has 0 fully saturated rings. The van der Waals surface area contributed by atoms with E-state index in [1.165, 1.54) is 5.56 Å². The molecule has 0 radical (unpaired) electrons. The second-order valence-electron chi connectivity index (χ2n) is 6.21. The number of carbonyl (C=O) groups is 1. The lowest BCUT2D eigenvalue weighted by atomic mass is 9.98. The molecule has 0 bridgehead atoms. The molecule has 0 N–H and O–H groups in total. The van der Waals surface area contributed by atoms with Crippen LogP contribution in [0.1, 0.15) is 42.1 Å². The minimum absolute atomic E-state index is 0.330. The van der Waals surface area contributed by atoms with E-state index in [-0.39, 0.29) is 5.97 Å². The van der Waals surface area contributed by atoms with E-state index in [4.69, 9.17) is 4.74 Å². The van der Waals surface area contributed by atoms with Crippen LogP contribution in [0.15, 0.2) is 78.9 Å². The van der Waals surface area contributed by atoms with Crippen LogP contribution < -0.4 is 4.74 Å². The zero-order valence-corrected chi connectivity index (χ0v) is 14.6. The molecule has 3 rings (SSSR count). The zero-order valence-electron chi connectivity index (χ0n) is 14.6. The predicted molar refractivity (Wildman–Crippen MR) is 102 cm³/mol. The Labute approximate surface area is 149 Å². The molecule has 1 atom stereocenters. The first kappa shape index (κ1) is 17.0. The van der Waals surface area contributed by atoms with Crippen molar-refractivity contribution in [3.05, 3.63) is 90.0 Å². The van der Waals surface area contributed by atoms with Gasteiger partial charge < -0.3 is 4.74 Å². The summed E-state index contributed by atoms with van der Waals surface area (Å²) in [6, 6.07) is 25.4. The minimum Gasteiger partial charge on any atom is -0.423 e. The molecule has 0 heterocycles. The average Bonchev–Trinajstić information content (AvgIpc) is 2.68. The molecule has 0 spiro atoms. The van der Waals surface area contributed by atoms with Crippen molar-refractivity contribution in [3.8, 4) is 16.9 Å². The molecule has 0 aliphatic rings. The van der Waals surface area contributed by atoms with Crippen LogP contribution >= 0.6 is 0 Å². The van der Waals surface area contributed by atoms with Gasteiger partial charge in [-0.05, 0) is 53.3 Å². The van der Waals surface area contributed by atoms with Gasteiger partial charge in [-0.15, -0.1) is 0 Å². The van der Waals surface area contributed by atoms with Gasteiger partial charge in [0.1, 0.15) is 5.75 Å². The Bertz CT molecular complexity index is 818. The summed E-state index contributed by atoms with van der Waals surface area (Å²) in [5.41, 5.74) is 4.05. The monoisotopic (exact) mass is 330 g/mol. The van der Waals surface area contributed by atoms with Crippen molar-refractivity contribution < 1.29 is 9.53 Å². The number of ether oxygens (including phenoxy) is 1. The molecule has 0 aromatic heterocycles. The molecule has 0 saturated carbocycles. The van der Waals surface area contributed by atoms with Gasteiger partial charge in [0.2, 0.25) is 0 Å². The highest BCUT2D eigenvalue weighted by Crippen LogP contribution is 2.23. The average molecular weight is 330 g/mol. The van der Waals surface area contributed by atoms with E-state index in [2.05, 4.69) is 26.0 Å². The number of hydrogen-bond acceptors (Lipinski definition) is 2. The fourth-order valence-corrected chi connectivity index (χ4v) is 2.70. The molecule has 1 unspecified atom stereocenters. The largest absolute Gasteiger partial charge is 0.423 e. The highest BCUT2D eigenvalue weighted by atomic mass is 16.5. The van der Waals surface area contributed by atoms with Crippen LogP contribution in [0.5, 0.6) is 5.75 Å². The lowest BCUT2D eigenvalue weighted by molar-refractivity contribution is 0.0735. The van der Waals surface area contributed by atoms with Gasteiger partial charge in [-0.2, -0.15) is 0 Å². The van der Waals surface area contributed by atoms with Crippen molar-refractivity contribution in [2.45, 2.75) is 26.2 Å². The topological polar surface area (TPSA) is 26.3 Å². The molecule has 0 amide bonds. The first-order chi connectivity index (χ1) is 12.2. The van der Waals surface area contributed by atoms with Crippen LogP contribution in [0.2, 0.25) is 0 Å². The maximum atomic E-state index is 12.3. The second kappa shape index (κ2) is 7.80. The third-order valence-corrected chi connectivity index (χ3v) is 4.50. The number of hydrogen-bond donors (Lipinski definition) is 0. The lowest BCUT2D eigenvalue weighted by Gasteiger charge is -2.10. The van der Waals surface area contributed by atoms with Crippen LogP contribution in [-0.4, -0.2) is 5.97 Å². The molecule has 0 aliphatic heterocycles. The maximum absolute atomic E-state index is 12.3. The molecular weight excluding hydrogens is 308 g/mol. The van der Waals surface area contributed by atoms with Crippen molar-refractivity contribution in [2.75, 3.05) is 0 Å². The summed E-state index contributed by atoms with van der Waals surface area (Å²) >= 11 is 0. The van der Waals surface area contributed by atoms with Crippen molar-refractivity contribution >= 4 is 5.97 Å². The van der Waals surface area contributed by atoms with E-state index in [1.54, 1.807) is 0 Å². The van der Waals surface area contributed by atoms with Crippen LogP contribution in [-0.2, 0) is 0 Å². The normalized spacial score (nSPS) is 11.8. The van der Waals surface area contributed by atoms with Gasteiger partial charge >= 0.3 is 5.97 Å². The maximum Gasteiger partial charge on any atom is 0.343 e. The van der Waals surface area contributed by atoms with Crippen molar-refractivity contribution in [2.24, 2.45) is 0 Å². The van der Waals surface area contributed by atoms with Gasteiger partial charge in [0.05, 0.1) is 5.56 Å². The van der Waals surface area contributed by atoms with Gasteiger partial charge in [-0.25, -0.2) is 4.79 Å². The quantitative estimate of drug-likeness (QED) is 0.418. The van der Waals surface area contributed by atoms with E-state index in [1.807, 2.05) is 66.7 Å². The molecule has 0 saturated heterocycles. The van der Waals surface area contributed by atoms with E-state index >= 15 is 0 Å². The SMILES string of the molecule is CCC(C)c1ccc(C(=O)Oc2ccc(-c3ccccc3)cc2)cc1. The number of carbonyl (C=O) groups excluding carboxylic acids is 1. The third kappa shape index (κ3) is 4.16. The molecule has 2 heteroatoms. The lowest BCUT2D eigenvalue weighted by Crippen LogP contribution is -2.08. The van der Waals surface area contributed by atoms with Gasteiger partial charge in [0.15, 0.2) is 0 Å². The highest BCUT2D eigenvalue weighted by Gasteiger charge is 2.10. The number of benzene rings is 3. The molecule has 25 heavy (non-hydrogen) atoms. The number of esters is 1. The van der Waals surface area contributed by atoms with E-state index in [0.29, 0.717) is 17.2 Å². The molecule has 3 aromatic carbocycles. The van der Waals surface area contributed by atoms with Crippen molar-refractivity contribution in [1.82, 2.24) is 0 Å². The standard InChI is InChI=1S/C23H22O2/c1-3-17(2)18-9-11-21(12-10-18)23(24)25-22-15-13-20(14-16-22)19-7-5-4-6-8-19/h4-17H,3H2,1-2H3. The predicted octanol–water partition coefficient (Wildman–Crippen LogP) is 6.09. The van der Waals surface area contributed by atoms with Gasteiger partial charge in [0, 0.05) is 0 Å². The Morgan fingerprint density at radius 2 is 1.44 bits per heavy atom. The Hall–Kier alpha value is -2.87. The fraction of sp³-hybridized carbons (Fsp3) is 0.174. The van der Waals surface area contributed by atoms with Crippen molar-refractivity contribution in [1.29, 1.82) is 0 Å². The van der Waals surface area contributed by atoms with E-state index in [0.717, 1.165) is 17.5 Å². The second-order valence-corrected chi connectivity index (χ2v) is 6.21. The van der Waals surface area contributed by atoms with Crippen LogP contribution in [0.4, 0.5) is 0 Å². The van der Waals surface area contributed by atoms with Crippen LogP contribution in [0.3, 0.4) is 0 Å². The van der Waals surface area contributed by atoms with E-state index in [9.17, 15) is 4.79 Å². The first-order valence-electron chi connectivity index (χ1n) is 8.65. The highest BCUT2D eigenvalue weighted by molar-refractivity contribution is 5.91. The third-order valence-electron chi connectivity index (χ3n) is 4.50. The molecule has 3 aromatic rings. The smallest absolute Gasteiger partial charge is 0.343 e. The Kier molecular flexibility index (Phi) is 5.30. The van der Waals surface area contributed by atoms with Gasteiger partial charge in [-0.3, -0.25) is 0 Å². The van der Waals surface area contributed by atoms with Crippen molar-refractivity contribution in [3.63, 3.8) is 0 Å².